The van der Waals surface area contributed by atoms with E-state index < -0.39 is 10.0 Å². The Morgan fingerprint density at radius 3 is 2.42 bits per heavy atom. The largest absolute Gasteiger partial charge is 0.496 e. The van der Waals surface area contributed by atoms with Gasteiger partial charge in [-0.2, -0.15) is 0 Å². The van der Waals surface area contributed by atoms with Crippen LogP contribution in [0.1, 0.15) is 35.6 Å². The van der Waals surface area contributed by atoms with Crippen molar-refractivity contribution in [2.75, 3.05) is 11.8 Å². The Morgan fingerprint density at radius 1 is 1.03 bits per heavy atom. The quantitative estimate of drug-likeness (QED) is 0.321. The summed E-state index contributed by atoms with van der Waals surface area (Å²) in [5.41, 5.74) is 5.99. The van der Waals surface area contributed by atoms with Crippen LogP contribution in [-0.2, 0) is 16.4 Å². The molecule has 0 saturated heterocycles. The number of methoxy groups -OCH3 is 1. The van der Waals surface area contributed by atoms with Gasteiger partial charge in [0.25, 0.3) is 10.0 Å². The normalized spacial score (nSPS) is 11.7. The molecule has 4 aromatic rings. The van der Waals surface area contributed by atoms with E-state index in [1.54, 1.807) is 37.5 Å². The van der Waals surface area contributed by atoms with Gasteiger partial charge in [-0.3, -0.25) is 4.72 Å². The highest BCUT2D eigenvalue weighted by Crippen LogP contribution is 2.34. The van der Waals surface area contributed by atoms with Crippen LogP contribution in [0.15, 0.2) is 53.4 Å². The number of aryl methyl sites for hydroxylation is 2. The van der Waals surface area contributed by atoms with Crippen LogP contribution < -0.4 is 9.46 Å². The van der Waals surface area contributed by atoms with Crippen LogP contribution >= 0.6 is 11.3 Å². The van der Waals surface area contributed by atoms with Gasteiger partial charge in [0, 0.05) is 11.3 Å². The molecule has 1 N–H and O–H groups in total. The summed E-state index contributed by atoms with van der Waals surface area (Å²) in [4.78, 5) is 5.03. The lowest BCUT2D eigenvalue weighted by molar-refractivity contribution is 0.408. The van der Waals surface area contributed by atoms with E-state index >= 15 is 0 Å². The number of rotatable bonds is 7. The van der Waals surface area contributed by atoms with E-state index in [9.17, 15) is 8.42 Å². The number of ether oxygens (including phenoxy) is 1. The van der Waals surface area contributed by atoms with Gasteiger partial charge in [-0.05, 0) is 91.9 Å². The fourth-order valence-electron chi connectivity index (χ4n) is 4.17. The minimum atomic E-state index is -3.76. The van der Waals surface area contributed by atoms with E-state index in [0.29, 0.717) is 16.1 Å². The summed E-state index contributed by atoms with van der Waals surface area (Å²) < 4.78 is 36.1. The lowest BCUT2D eigenvalue weighted by Gasteiger charge is -2.19. The van der Waals surface area contributed by atoms with Crippen LogP contribution in [0.2, 0.25) is 0 Å². The van der Waals surface area contributed by atoms with Crippen molar-refractivity contribution >= 4 is 37.3 Å². The molecule has 0 amide bonds. The summed E-state index contributed by atoms with van der Waals surface area (Å²) in [5.74, 6) is 0.737. The van der Waals surface area contributed by atoms with Gasteiger partial charge in [-0.25, -0.2) is 13.4 Å². The molecule has 0 aliphatic heterocycles. The number of benzene rings is 3. The van der Waals surface area contributed by atoms with Crippen LogP contribution in [-0.4, -0.2) is 20.5 Å². The van der Waals surface area contributed by atoms with E-state index in [4.69, 9.17) is 9.72 Å². The third kappa shape index (κ3) is 4.61. The molecule has 1 heterocycles. The van der Waals surface area contributed by atoms with Gasteiger partial charge in [0.15, 0.2) is 0 Å². The van der Waals surface area contributed by atoms with Crippen molar-refractivity contribution < 1.29 is 13.2 Å². The van der Waals surface area contributed by atoms with Crippen LogP contribution in [0.4, 0.5) is 5.69 Å². The molecule has 0 fully saturated rings. The third-order valence-electron chi connectivity index (χ3n) is 5.71. The molecule has 3 aromatic carbocycles. The molecule has 0 radical (unpaired) electrons. The molecule has 4 rings (SSSR count). The molecule has 0 aliphatic rings. The molecule has 0 bridgehead atoms. The molecule has 172 valence electrons. The van der Waals surface area contributed by atoms with E-state index in [1.165, 1.54) is 5.56 Å². The number of nitrogens with one attached hydrogen (secondary N) is 1. The topological polar surface area (TPSA) is 68.3 Å². The fourth-order valence-corrected chi connectivity index (χ4v) is 6.79. The van der Waals surface area contributed by atoms with Crippen molar-refractivity contribution in [1.29, 1.82) is 0 Å². The Balaban J connectivity index is 1.64. The van der Waals surface area contributed by atoms with Gasteiger partial charge in [0.1, 0.15) is 10.8 Å². The maximum absolute atomic E-state index is 13.3. The maximum atomic E-state index is 13.3. The smallest absolute Gasteiger partial charge is 0.262 e. The Hall–Kier alpha value is -2.90. The molecule has 33 heavy (non-hydrogen) atoms. The monoisotopic (exact) mass is 480 g/mol. The van der Waals surface area contributed by atoms with E-state index in [-0.39, 0.29) is 0 Å². The highest BCUT2D eigenvalue weighted by atomic mass is 32.2. The van der Waals surface area contributed by atoms with Crippen molar-refractivity contribution in [2.45, 2.75) is 45.4 Å². The zero-order valence-electron chi connectivity index (χ0n) is 19.5. The number of hydrogen-bond acceptors (Lipinski definition) is 5. The minimum Gasteiger partial charge on any atom is -0.496 e. The second-order valence-corrected chi connectivity index (χ2v) is 10.9. The first-order chi connectivity index (χ1) is 15.7. The van der Waals surface area contributed by atoms with Crippen molar-refractivity contribution in [1.82, 2.24) is 4.98 Å². The Labute approximate surface area is 199 Å². The van der Waals surface area contributed by atoms with E-state index in [1.807, 2.05) is 31.2 Å². The van der Waals surface area contributed by atoms with Crippen LogP contribution in [0.25, 0.3) is 20.8 Å². The van der Waals surface area contributed by atoms with Crippen LogP contribution in [0, 0.1) is 20.8 Å². The van der Waals surface area contributed by atoms with Gasteiger partial charge in [0.2, 0.25) is 0 Å². The van der Waals surface area contributed by atoms with Crippen molar-refractivity contribution in [3.05, 3.63) is 70.8 Å². The van der Waals surface area contributed by atoms with Gasteiger partial charge < -0.3 is 4.74 Å². The molecule has 0 atom stereocenters. The Morgan fingerprint density at radius 2 is 1.76 bits per heavy atom. The standard InChI is InChI=1S/C26H28N2O3S2/c1-6-7-21-18(4)25(17(3)15-23(21)31-5)33(29,30)28-20-11-9-19(10-12-20)26-27-22-13-8-16(2)14-24(22)32-26/h8-15,28H,6-7H2,1-5H3. The number of thiazole rings is 1. The SMILES string of the molecule is CCCc1c(OC)cc(C)c(S(=O)(=O)Nc2ccc(-c3nc4ccc(C)cc4s3)cc2)c1C. The molecule has 0 aliphatic carbocycles. The minimum absolute atomic E-state index is 0.317. The number of hydrogen-bond donors (Lipinski definition) is 1. The van der Waals surface area contributed by atoms with Crippen LogP contribution in [0.5, 0.6) is 5.75 Å². The molecule has 0 saturated carbocycles. The van der Waals surface area contributed by atoms with Gasteiger partial charge in [0.05, 0.1) is 22.2 Å². The van der Waals surface area contributed by atoms with E-state index in [0.717, 1.165) is 50.5 Å². The molecular weight excluding hydrogens is 452 g/mol. The average molecular weight is 481 g/mol. The third-order valence-corrected chi connectivity index (χ3v) is 8.45. The zero-order chi connectivity index (χ0) is 23.8. The van der Waals surface area contributed by atoms with Crippen LogP contribution in [0.3, 0.4) is 0 Å². The molecule has 7 heteroatoms. The summed E-state index contributed by atoms with van der Waals surface area (Å²) >= 11 is 1.63. The Bertz CT molecular complexity index is 1420. The van der Waals surface area contributed by atoms with Gasteiger partial charge >= 0.3 is 0 Å². The average Bonchev–Trinajstić information content (AvgIpc) is 3.18. The van der Waals surface area contributed by atoms with E-state index in [2.05, 4.69) is 30.7 Å². The summed E-state index contributed by atoms with van der Waals surface area (Å²) in [6.07, 6.45) is 1.66. The predicted octanol–water partition coefficient (Wildman–Crippen LogP) is 6.65. The zero-order valence-corrected chi connectivity index (χ0v) is 21.2. The molecular formula is C26H28N2O3S2. The Kier molecular flexibility index (Phi) is 6.45. The maximum Gasteiger partial charge on any atom is 0.262 e. The second kappa shape index (κ2) is 9.15. The highest BCUT2D eigenvalue weighted by Gasteiger charge is 2.24. The number of nitrogens with zero attached hydrogens (tertiary/aromatic N) is 1. The summed E-state index contributed by atoms with van der Waals surface area (Å²) in [6, 6.07) is 15.4. The molecule has 0 spiro atoms. The molecule has 0 unspecified atom stereocenters. The number of fused-ring (bicyclic) bond motifs is 1. The van der Waals surface area contributed by atoms with Gasteiger partial charge in [-0.1, -0.05) is 19.4 Å². The van der Waals surface area contributed by atoms with Crippen molar-refractivity contribution in [3.8, 4) is 16.3 Å². The number of anilines is 1. The first-order valence-electron chi connectivity index (χ1n) is 10.9. The first-order valence-corrected chi connectivity index (χ1v) is 13.2. The molecule has 5 nitrogen and oxygen atoms in total. The second-order valence-electron chi connectivity index (χ2n) is 8.25. The lowest BCUT2D eigenvalue weighted by Crippen LogP contribution is -2.17. The predicted molar refractivity (Wildman–Crippen MR) is 137 cm³/mol. The molecule has 1 aromatic heterocycles. The lowest BCUT2D eigenvalue weighted by atomic mass is 10.0. The number of aromatic nitrogens is 1. The summed E-state index contributed by atoms with van der Waals surface area (Å²) in [7, 11) is -2.14. The van der Waals surface area contributed by atoms with Crippen molar-refractivity contribution in [3.63, 3.8) is 0 Å². The fraction of sp³-hybridized carbons (Fsp3) is 0.269. The highest BCUT2D eigenvalue weighted by molar-refractivity contribution is 7.92. The first kappa shape index (κ1) is 23.3. The van der Waals surface area contributed by atoms with Crippen molar-refractivity contribution in [2.24, 2.45) is 0 Å². The number of sulfonamides is 1. The summed E-state index contributed by atoms with van der Waals surface area (Å²) in [6.45, 7) is 7.79. The summed E-state index contributed by atoms with van der Waals surface area (Å²) in [5, 5.41) is 0.913. The van der Waals surface area contributed by atoms with Gasteiger partial charge in [-0.15, -0.1) is 11.3 Å².